The molecule has 1 fully saturated rings. The van der Waals surface area contributed by atoms with Crippen molar-refractivity contribution in [3.63, 3.8) is 0 Å². The van der Waals surface area contributed by atoms with Crippen LogP contribution >= 0.6 is 0 Å². The Morgan fingerprint density at radius 2 is 1.45 bits per heavy atom. The van der Waals surface area contributed by atoms with Crippen LogP contribution in [0.15, 0.2) is 84.9 Å². The first-order chi connectivity index (χ1) is 15.0. The lowest BCUT2D eigenvalue weighted by molar-refractivity contribution is -0.138. The predicted molar refractivity (Wildman–Crippen MR) is 119 cm³/mol. The second kappa shape index (κ2) is 8.96. The minimum absolute atomic E-state index is 0.0138. The van der Waals surface area contributed by atoms with Crippen LogP contribution in [-0.2, 0) is 27.3 Å². The fourth-order valence-electron chi connectivity index (χ4n) is 3.85. The van der Waals surface area contributed by atoms with E-state index in [4.69, 9.17) is 0 Å². The summed E-state index contributed by atoms with van der Waals surface area (Å²) in [5.41, 5.74) is 3.37. The first-order valence-corrected chi connectivity index (χ1v) is 10.3. The highest BCUT2D eigenvalue weighted by Gasteiger charge is 2.44. The number of carbonyl (C=O) groups excluding carboxylic acids is 3. The molecule has 5 nitrogen and oxygen atoms in total. The summed E-state index contributed by atoms with van der Waals surface area (Å²) in [5.74, 6) is -0.817. The Morgan fingerprint density at radius 1 is 0.871 bits per heavy atom. The molecule has 1 aliphatic rings. The van der Waals surface area contributed by atoms with Crippen molar-refractivity contribution in [2.24, 2.45) is 0 Å². The zero-order chi connectivity index (χ0) is 21.8. The SMILES string of the molecule is Cc1ccc(N2C(=O)CC(N(Cc3ccccc3)C(=O)Cc3ccccc3)C2=O)cc1. The lowest BCUT2D eigenvalue weighted by Crippen LogP contribution is -2.45. The predicted octanol–water partition coefficient (Wildman–Crippen LogP) is 3.90. The van der Waals surface area contributed by atoms with E-state index in [0.29, 0.717) is 5.69 Å². The number of benzene rings is 3. The number of aryl methyl sites for hydroxylation is 1. The molecular formula is C26H24N2O3. The maximum Gasteiger partial charge on any atom is 0.257 e. The second-order valence-corrected chi connectivity index (χ2v) is 7.79. The lowest BCUT2D eigenvalue weighted by atomic mass is 10.1. The van der Waals surface area contributed by atoms with Gasteiger partial charge in [-0.25, -0.2) is 4.90 Å². The van der Waals surface area contributed by atoms with Crippen LogP contribution in [0.5, 0.6) is 0 Å². The highest BCUT2D eigenvalue weighted by molar-refractivity contribution is 6.23. The molecule has 4 rings (SSSR count). The molecule has 3 aromatic rings. The first-order valence-electron chi connectivity index (χ1n) is 10.3. The van der Waals surface area contributed by atoms with Gasteiger partial charge in [0, 0.05) is 6.54 Å². The Hall–Kier alpha value is -3.73. The van der Waals surface area contributed by atoms with Gasteiger partial charge in [0.2, 0.25) is 11.8 Å². The third kappa shape index (κ3) is 4.56. The summed E-state index contributed by atoms with van der Waals surface area (Å²) in [6, 6.07) is 25.4. The van der Waals surface area contributed by atoms with Crippen LogP contribution in [0.1, 0.15) is 23.1 Å². The molecule has 0 radical (unpaired) electrons. The number of amides is 3. The van der Waals surface area contributed by atoms with E-state index >= 15 is 0 Å². The number of carbonyl (C=O) groups is 3. The minimum Gasteiger partial charge on any atom is -0.325 e. The molecule has 0 bridgehead atoms. The van der Waals surface area contributed by atoms with E-state index in [9.17, 15) is 14.4 Å². The minimum atomic E-state index is -0.815. The van der Waals surface area contributed by atoms with E-state index in [-0.39, 0.29) is 37.1 Å². The maximum absolute atomic E-state index is 13.3. The van der Waals surface area contributed by atoms with Gasteiger partial charge in [-0.2, -0.15) is 0 Å². The van der Waals surface area contributed by atoms with Gasteiger partial charge in [0.05, 0.1) is 18.5 Å². The van der Waals surface area contributed by atoms with Crippen LogP contribution in [0, 0.1) is 6.92 Å². The van der Waals surface area contributed by atoms with Crippen LogP contribution in [0.25, 0.3) is 0 Å². The van der Waals surface area contributed by atoms with Crippen molar-refractivity contribution < 1.29 is 14.4 Å². The average Bonchev–Trinajstić information content (AvgIpc) is 3.08. The number of anilines is 1. The molecule has 1 unspecified atom stereocenters. The molecule has 156 valence electrons. The molecule has 3 amide bonds. The van der Waals surface area contributed by atoms with Crippen molar-refractivity contribution in [1.29, 1.82) is 0 Å². The summed E-state index contributed by atoms with van der Waals surface area (Å²) >= 11 is 0. The summed E-state index contributed by atoms with van der Waals surface area (Å²) < 4.78 is 0. The summed E-state index contributed by atoms with van der Waals surface area (Å²) in [4.78, 5) is 42.1. The number of imide groups is 1. The first kappa shape index (κ1) is 20.5. The van der Waals surface area contributed by atoms with Gasteiger partial charge in [-0.1, -0.05) is 78.4 Å². The Kier molecular flexibility index (Phi) is 5.94. The van der Waals surface area contributed by atoms with Crippen molar-refractivity contribution in [3.8, 4) is 0 Å². The maximum atomic E-state index is 13.3. The summed E-state index contributed by atoms with van der Waals surface area (Å²) in [6.07, 6.45) is 0.163. The van der Waals surface area contributed by atoms with Gasteiger partial charge in [-0.3, -0.25) is 14.4 Å². The van der Waals surface area contributed by atoms with Crippen molar-refractivity contribution in [2.75, 3.05) is 4.90 Å². The number of hydrogen-bond donors (Lipinski definition) is 0. The van der Waals surface area contributed by atoms with E-state index in [0.717, 1.165) is 16.7 Å². The van der Waals surface area contributed by atoms with Gasteiger partial charge in [-0.15, -0.1) is 0 Å². The Morgan fingerprint density at radius 3 is 2.06 bits per heavy atom. The molecule has 0 aliphatic carbocycles. The second-order valence-electron chi connectivity index (χ2n) is 7.79. The highest BCUT2D eigenvalue weighted by atomic mass is 16.2. The number of hydrogen-bond acceptors (Lipinski definition) is 3. The number of rotatable bonds is 6. The van der Waals surface area contributed by atoms with Crippen molar-refractivity contribution in [3.05, 3.63) is 102 Å². The monoisotopic (exact) mass is 412 g/mol. The van der Waals surface area contributed by atoms with E-state index in [1.54, 1.807) is 17.0 Å². The summed E-state index contributed by atoms with van der Waals surface area (Å²) in [7, 11) is 0. The highest BCUT2D eigenvalue weighted by Crippen LogP contribution is 2.27. The Labute approximate surface area is 181 Å². The smallest absolute Gasteiger partial charge is 0.257 e. The van der Waals surface area contributed by atoms with E-state index in [1.165, 1.54) is 4.90 Å². The zero-order valence-electron chi connectivity index (χ0n) is 17.4. The molecule has 1 saturated heterocycles. The van der Waals surface area contributed by atoms with Crippen molar-refractivity contribution >= 4 is 23.4 Å². The van der Waals surface area contributed by atoms with Gasteiger partial charge < -0.3 is 4.90 Å². The average molecular weight is 412 g/mol. The van der Waals surface area contributed by atoms with Gasteiger partial charge >= 0.3 is 0 Å². The Bertz CT molecular complexity index is 1080. The molecule has 0 spiro atoms. The summed E-state index contributed by atoms with van der Waals surface area (Å²) in [6.45, 7) is 2.22. The quantitative estimate of drug-likeness (QED) is 0.577. The van der Waals surface area contributed by atoms with Gasteiger partial charge in [0.1, 0.15) is 6.04 Å². The molecule has 1 aliphatic heterocycles. The molecule has 3 aromatic carbocycles. The molecule has 0 N–H and O–H groups in total. The normalized spacial score (nSPS) is 15.9. The third-order valence-electron chi connectivity index (χ3n) is 5.51. The topological polar surface area (TPSA) is 57.7 Å². The lowest BCUT2D eigenvalue weighted by Gasteiger charge is -2.28. The van der Waals surface area contributed by atoms with Crippen molar-refractivity contribution in [2.45, 2.75) is 32.4 Å². The molecule has 31 heavy (non-hydrogen) atoms. The van der Waals surface area contributed by atoms with Gasteiger partial charge in [0.25, 0.3) is 5.91 Å². The van der Waals surface area contributed by atoms with Crippen LogP contribution < -0.4 is 4.90 Å². The standard InChI is InChI=1S/C26H24N2O3/c1-19-12-14-22(15-13-19)28-25(30)17-23(26(28)31)27(18-21-10-6-3-7-11-21)24(29)16-20-8-4-2-5-9-20/h2-15,23H,16-18H2,1H3. The van der Waals surface area contributed by atoms with Crippen LogP contribution in [-0.4, -0.2) is 28.7 Å². The van der Waals surface area contributed by atoms with Gasteiger partial charge in [0.15, 0.2) is 0 Å². The zero-order valence-corrected chi connectivity index (χ0v) is 17.4. The van der Waals surface area contributed by atoms with Crippen LogP contribution in [0.3, 0.4) is 0 Å². The molecule has 1 atom stereocenters. The molecular weight excluding hydrogens is 388 g/mol. The third-order valence-corrected chi connectivity index (χ3v) is 5.51. The molecule has 1 heterocycles. The molecule has 0 aromatic heterocycles. The van der Waals surface area contributed by atoms with Crippen LogP contribution in [0.4, 0.5) is 5.69 Å². The van der Waals surface area contributed by atoms with E-state index in [2.05, 4.69) is 0 Å². The number of nitrogens with zero attached hydrogens (tertiary/aromatic N) is 2. The molecule has 5 heteroatoms. The fraction of sp³-hybridized carbons (Fsp3) is 0.192. The van der Waals surface area contributed by atoms with E-state index < -0.39 is 6.04 Å². The fourth-order valence-corrected chi connectivity index (χ4v) is 3.85. The largest absolute Gasteiger partial charge is 0.325 e. The van der Waals surface area contributed by atoms with Crippen molar-refractivity contribution in [1.82, 2.24) is 4.90 Å². The van der Waals surface area contributed by atoms with Crippen LogP contribution in [0.2, 0.25) is 0 Å². The summed E-state index contributed by atoms with van der Waals surface area (Å²) in [5, 5.41) is 0. The Balaban J connectivity index is 1.62. The van der Waals surface area contributed by atoms with Gasteiger partial charge in [-0.05, 0) is 30.2 Å². The molecule has 0 saturated carbocycles. The van der Waals surface area contributed by atoms with E-state index in [1.807, 2.05) is 79.7 Å².